The molecule has 1 aromatic heterocycles. The van der Waals surface area contributed by atoms with E-state index in [0.29, 0.717) is 11.1 Å². The van der Waals surface area contributed by atoms with Gasteiger partial charge in [0.15, 0.2) is 5.60 Å². The highest BCUT2D eigenvalue weighted by atomic mass is 19.1. The van der Waals surface area contributed by atoms with E-state index in [4.69, 9.17) is 4.74 Å². The van der Waals surface area contributed by atoms with Crippen LogP contribution in [-0.4, -0.2) is 11.1 Å². The van der Waals surface area contributed by atoms with Crippen molar-refractivity contribution < 1.29 is 18.3 Å². The number of benzene rings is 2. The summed E-state index contributed by atoms with van der Waals surface area (Å²) in [7, 11) is 0. The van der Waals surface area contributed by atoms with Crippen LogP contribution >= 0.6 is 0 Å². The zero-order chi connectivity index (χ0) is 20.4. The lowest BCUT2D eigenvalue weighted by Gasteiger charge is -2.29. The van der Waals surface area contributed by atoms with Crippen molar-refractivity contribution in [3.05, 3.63) is 101 Å². The van der Waals surface area contributed by atoms with Crippen LogP contribution < -0.4 is 5.32 Å². The summed E-state index contributed by atoms with van der Waals surface area (Å²) in [5.74, 6) is 4.78. The van der Waals surface area contributed by atoms with Crippen molar-refractivity contribution in [1.29, 1.82) is 0 Å². The van der Waals surface area contributed by atoms with E-state index in [1.54, 1.807) is 18.5 Å². The Hall–Kier alpha value is -3.72. The predicted molar refractivity (Wildman–Crippen MR) is 103 cm³/mol. The number of ether oxygens (including phenoxy) is 1. The quantitative estimate of drug-likeness (QED) is 0.658. The molecule has 3 aromatic rings. The van der Waals surface area contributed by atoms with Gasteiger partial charge in [0.25, 0.3) is 0 Å². The third kappa shape index (κ3) is 3.67. The number of hydrogen-bond donors (Lipinski definition) is 1. The Morgan fingerprint density at radius 1 is 1.03 bits per heavy atom. The molecule has 29 heavy (non-hydrogen) atoms. The summed E-state index contributed by atoms with van der Waals surface area (Å²) in [6.07, 6.45) is 2.42. The van der Waals surface area contributed by atoms with Crippen molar-refractivity contribution in [3.63, 3.8) is 0 Å². The minimum absolute atomic E-state index is 0.0541. The Balaban J connectivity index is 1.73. The molecule has 0 bridgehead atoms. The molecule has 0 saturated carbocycles. The number of hydrogen-bond acceptors (Lipinski definition) is 3. The Labute approximate surface area is 166 Å². The summed E-state index contributed by atoms with van der Waals surface area (Å²) in [5, 5.41) is 2.67. The maximum absolute atomic E-state index is 14.4. The first-order valence-electron chi connectivity index (χ1n) is 8.93. The van der Waals surface area contributed by atoms with Gasteiger partial charge in [-0.3, -0.25) is 4.98 Å². The van der Waals surface area contributed by atoms with Gasteiger partial charge in [0.2, 0.25) is 0 Å². The number of aromatic nitrogens is 1. The van der Waals surface area contributed by atoms with Crippen LogP contribution in [0.3, 0.4) is 0 Å². The maximum Gasteiger partial charge on any atom is 0.408 e. The number of halogens is 2. The minimum atomic E-state index is -1.45. The second kappa shape index (κ2) is 7.36. The Morgan fingerprint density at radius 3 is 2.59 bits per heavy atom. The Morgan fingerprint density at radius 2 is 1.79 bits per heavy atom. The van der Waals surface area contributed by atoms with Gasteiger partial charge in [0.1, 0.15) is 17.7 Å². The third-order valence-corrected chi connectivity index (χ3v) is 4.80. The minimum Gasteiger partial charge on any atom is -0.436 e. The van der Waals surface area contributed by atoms with Crippen molar-refractivity contribution in [1.82, 2.24) is 10.3 Å². The van der Waals surface area contributed by atoms with E-state index in [1.165, 1.54) is 6.92 Å². The summed E-state index contributed by atoms with van der Waals surface area (Å²) in [5.41, 5.74) is 0.538. The molecule has 2 atom stereocenters. The second-order valence-electron chi connectivity index (χ2n) is 6.82. The van der Waals surface area contributed by atoms with Crippen molar-refractivity contribution in [2.75, 3.05) is 0 Å². The van der Waals surface area contributed by atoms with Crippen LogP contribution in [0.25, 0.3) is 0 Å². The number of carbonyl (C=O) groups excluding carboxylic acids is 1. The average molecular weight is 390 g/mol. The van der Waals surface area contributed by atoms with E-state index in [-0.39, 0.29) is 5.56 Å². The SMILES string of the molecule is C[C@]1(c2cc(F)ccc2F)OC(=O)N[C@@H]1c1cncc(C#Cc2ccccc2)c1. The van der Waals surface area contributed by atoms with E-state index in [1.807, 2.05) is 30.3 Å². The Kier molecular flexibility index (Phi) is 4.73. The second-order valence-corrected chi connectivity index (χ2v) is 6.82. The highest BCUT2D eigenvalue weighted by Crippen LogP contribution is 2.43. The standard InChI is InChI=1S/C23H16F2N2O2/c1-23(19-12-18(24)9-10-20(19)25)21(27-22(28)29-23)17-11-16(13-26-14-17)8-7-15-5-3-2-4-6-15/h2-6,9-14,21H,1H3,(H,27,28)/t21-,23-/m1/s1. The van der Waals surface area contributed by atoms with Crippen molar-refractivity contribution in [2.24, 2.45) is 0 Å². The number of carbonyl (C=O) groups is 1. The van der Waals surface area contributed by atoms with E-state index >= 15 is 0 Å². The predicted octanol–water partition coefficient (Wildman–Crippen LogP) is 4.46. The summed E-state index contributed by atoms with van der Waals surface area (Å²) in [6.45, 7) is 1.54. The molecular weight excluding hydrogens is 374 g/mol. The van der Waals surface area contributed by atoms with E-state index < -0.39 is 29.4 Å². The molecule has 0 spiro atoms. The van der Waals surface area contributed by atoms with Gasteiger partial charge in [-0.25, -0.2) is 13.6 Å². The zero-order valence-corrected chi connectivity index (χ0v) is 15.4. The molecule has 4 rings (SSSR count). The van der Waals surface area contributed by atoms with Gasteiger partial charge in [-0.1, -0.05) is 30.0 Å². The lowest BCUT2D eigenvalue weighted by Crippen LogP contribution is -2.32. The molecule has 1 saturated heterocycles. The average Bonchev–Trinajstić information content (AvgIpc) is 3.04. The number of nitrogens with one attached hydrogen (secondary N) is 1. The summed E-state index contributed by atoms with van der Waals surface area (Å²) < 4.78 is 33.6. The number of pyridine rings is 1. The van der Waals surface area contributed by atoms with Gasteiger partial charge in [-0.05, 0) is 48.9 Å². The van der Waals surface area contributed by atoms with Crippen LogP contribution in [0, 0.1) is 23.5 Å². The number of amides is 1. The largest absolute Gasteiger partial charge is 0.436 e. The number of alkyl carbamates (subject to hydrolysis) is 1. The van der Waals surface area contributed by atoms with Crippen LogP contribution in [-0.2, 0) is 10.3 Å². The molecule has 0 radical (unpaired) electrons. The molecule has 2 heterocycles. The Bertz CT molecular complexity index is 1140. The fraction of sp³-hybridized carbons (Fsp3) is 0.130. The fourth-order valence-corrected chi connectivity index (χ4v) is 3.38. The molecule has 1 aliphatic rings. The summed E-state index contributed by atoms with van der Waals surface area (Å²) in [4.78, 5) is 16.2. The first-order chi connectivity index (χ1) is 14.0. The van der Waals surface area contributed by atoms with Crippen molar-refractivity contribution in [2.45, 2.75) is 18.6 Å². The first-order valence-corrected chi connectivity index (χ1v) is 8.93. The lowest BCUT2D eigenvalue weighted by molar-refractivity contribution is 0.0460. The summed E-state index contributed by atoms with van der Waals surface area (Å²) >= 11 is 0. The molecule has 0 unspecified atom stereocenters. The topological polar surface area (TPSA) is 51.2 Å². The number of nitrogens with zero attached hydrogens (tertiary/aromatic N) is 1. The van der Waals surface area contributed by atoms with Gasteiger partial charge in [0.05, 0.1) is 0 Å². The molecule has 0 aliphatic carbocycles. The molecule has 6 heteroatoms. The highest BCUT2D eigenvalue weighted by molar-refractivity contribution is 5.72. The summed E-state index contributed by atoms with van der Waals surface area (Å²) in [6, 6.07) is 13.5. The van der Waals surface area contributed by atoms with E-state index in [0.717, 1.165) is 23.8 Å². The van der Waals surface area contributed by atoms with Crippen molar-refractivity contribution in [3.8, 4) is 11.8 Å². The van der Waals surface area contributed by atoms with Crippen molar-refractivity contribution >= 4 is 6.09 Å². The molecular formula is C23H16F2N2O2. The van der Waals surface area contributed by atoms with Crippen LogP contribution in [0.2, 0.25) is 0 Å². The molecule has 1 fully saturated rings. The molecule has 2 aromatic carbocycles. The molecule has 1 aliphatic heterocycles. The fourth-order valence-electron chi connectivity index (χ4n) is 3.38. The van der Waals surface area contributed by atoms with Gasteiger partial charge < -0.3 is 10.1 Å². The normalized spacial score (nSPS) is 20.4. The van der Waals surface area contributed by atoms with Gasteiger partial charge in [-0.15, -0.1) is 0 Å². The molecule has 4 nitrogen and oxygen atoms in total. The number of rotatable bonds is 2. The van der Waals surface area contributed by atoms with E-state index in [9.17, 15) is 13.6 Å². The van der Waals surface area contributed by atoms with Crippen LogP contribution in [0.4, 0.5) is 13.6 Å². The highest BCUT2D eigenvalue weighted by Gasteiger charge is 2.49. The lowest BCUT2D eigenvalue weighted by atomic mass is 9.84. The number of cyclic esters (lactones) is 1. The third-order valence-electron chi connectivity index (χ3n) is 4.80. The van der Waals surface area contributed by atoms with Crippen LogP contribution in [0.1, 0.15) is 35.2 Å². The van der Waals surface area contributed by atoms with Crippen LogP contribution in [0.5, 0.6) is 0 Å². The van der Waals surface area contributed by atoms with Crippen LogP contribution in [0.15, 0.2) is 67.0 Å². The van der Waals surface area contributed by atoms with Gasteiger partial charge in [0, 0.05) is 29.1 Å². The smallest absolute Gasteiger partial charge is 0.408 e. The molecule has 1 amide bonds. The first kappa shape index (κ1) is 18.6. The zero-order valence-electron chi connectivity index (χ0n) is 15.4. The monoisotopic (exact) mass is 390 g/mol. The molecule has 144 valence electrons. The maximum atomic E-state index is 14.4. The van der Waals surface area contributed by atoms with E-state index in [2.05, 4.69) is 22.1 Å². The molecule has 1 N–H and O–H groups in total. The van der Waals surface area contributed by atoms with Gasteiger partial charge >= 0.3 is 6.09 Å². The van der Waals surface area contributed by atoms with Gasteiger partial charge in [-0.2, -0.15) is 0 Å².